The number of hydrogen-bond donors (Lipinski definition) is 1. The minimum absolute atomic E-state index is 0.346. The van der Waals surface area contributed by atoms with E-state index in [1.54, 1.807) is 11.3 Å². The molecule has 0 saturated carbocycles. The number of unbranched alkanes of at least 4 members (excludes halogenated alkanes) is 1. The first-order valence-electron chi connectivity index (χ1n) is 6.80. The molecule has 1 atom stereocenters. The number of aromatic nitrogens is 3. The number of hydrogen-bond acceptors (Lipinski definition) is 4. The topological polar surface area (TPSA) is 42.7 Å². The lowest BCUT2D eigenvalue weighted by atomic mass is 10.2. The average Bonchev–Trinajstić information content (AvgIpc) is 2.98. The second-order valence-electron chi connectivity index (χ2n) is 4.86. The van der Waals surface area contributed by atoms with Gasteiger partial charge in [-0.1, -0.05) is 0 Å². The maximum absolute atomic E-state index is 4.59. The van der Waals surface area contributed by atoms with Gasteiger partial charge in [0.2, 0.25) is 0 Å². The van der Waals surface area contributed by atoms with Crippen molar-refractivity contribution < 1.29 is 0 Å². The van der Waals surface area contributed by atoms with Crippen molar-refractivity contribution in [3.8, 4) is 0 Å². The normalized spacial score (nSPS) is 12.8. The molecule has 0 spiro atoms. The lowest BCUT2D eigenvalue weighted by Gasteiger charge is -2.12. The maximum Gasteiger partial charge on any atom is 0.0945 e. The van der Waals surface area contributed by atoms with Crippen molar-refractivity contribution in [1.29, 1.82) is 0 Å². The Bertz CT molecular complexity index is 490. The van der Waals surface area contributed by atoms with Crippen LogP contribution in [-0.4, -0.2) is 21.1 Å². The van der Waals surface area contributed by atoms with Crippen LogP contribution < -0.4 is 5.32 Å². The third kappa shape index (κ3) is 4.14. The first-order valence-corrected chi connectivity index (χ1v) is 7.61. The van der Waals surface area contributed by atoms with Crippen LogP contribution in [0, 0.1) is 13.8 Å². The Morgan fingerprint density at radius 1 is 1.37 bits per heavy atom. The number of nitrogens with one attached hydrogen (secondary N) is 1. The zero-order valence-electron chi connectivity index (χ0n) is 11.9. The van der Waals surface area contributed by atoms with E-state index in [1.165, 1.54) is 23.4 Å². The molecular formula is C14H22N4S. The van der Waals surface area contributed by atoms with Gasteiger partial charge < -0.3 is 9.88 Å². The molecule has 0 saturated heterocycles. The third-order valence-corrected chi connectivity index (χ3v) is 4.10. The quantitative estimate of drug-likeness (QED) is 0.791. The number of rotatable bonds is 7. The smallest absolute Gasteiger partial charge is 0.0945 e. The number of aryl methyl sites for hydroxylation is 3. The molecule has 5 heteroatoms. The van der Waals surface area contributed by atoms with Gasteiger partial charge in [0.15, 0.2) is 0 Å². The van der Waals surface area contributed by atoms with Gasteiger partial charge in [0.05, 0.1) is 17.0 Å². The standard InChI is InChI=1S/C14H22N4S/c1-11(14-12(2)19-13(3)17-14)16-6-4-5-8-18-9-7-15-10-18/h7,9-11,16H,4-6,8H2,1-3H3. The Morgan fingerprint density at radius 3 is 2.84 bits per heavy atom. The number of nitrogens with zero attached hydrogens (tertiary/aromatic N) is 3. The molecule has 0 aliphatic rings. The SMILES string of the molecule is Cc1nc(C(C)NCCCCn2ccnc2)c(C)s1. The zero-order chi connectivity index (χ0) is 13.7. The Hall–Kier alpha value is -1.20. The van der Waals surface area contributed by atoms with Gasteiger partial charge in [-0.05, 0) is 40.2 Å². The molecule has 2 rings (SSSR count). The molecule has 0 radical (unpaired) electrons. The van der Waals surface area contributed by atoms with Crippen LogP contribution in [0.3, 0.4) is 0 Å². The van der Waals surface area contributed by atoms with Crippen LogP contribution in [0.4, 0.5) is 0 Å². The molecule has 0 amide bonds. The fourth-order valence-corrected chi connectivity index (χ4v) is 3.11. The number of thiazole rings is 1. The lowest BCUT2D eigenvalue weighted by Crippen LogP contribution is -2.21. The number of imidazole rings is 1. The van der Waals surface area contributed by atoms with Gasteiger partial charge in [0.1, 0.15) is 0 Å². The van der Waals surface area contributed by atoms with Crippen LogP contribution in [0.1, 0.15) is 41.4 Å². The summed E-state index contributed by atoms with van der Waals surface area (Å²) in [5.74, 6) is 0. The molecule has 0 aromatic carbocycles. The van der Waals surface area contributed by atoms with Gasteiger partial charge in [-0.15, -0.1) is 11.3 Å². The van der Waals surface area contributed by atoms with E-state index in [1.807, 2.05) is 18.7 Å². The summed E-state index contributed by atoms with van der Waals surface area (Å²) in [5, 5.41) is 4.71. The highest BCUT2D eigenvalue weighted by Crippen LogP contribution is 2.22. The zero-order valence-corrected chi connectivity index (χ0v) is 12.7. The molecular weight excluding hydrogens is 256 g/mol. The van der Waals surface area contributed by atoms with Gasteiger partial charge in [0.25, 0.3) is 0 Å². The van der Waals surface area contributed by atoms with Crippen molar-refractivity contribution >= 4 is 11.3 Å². The summed E-state index contributed by atoms with van der Waals surface area (Å²) in [6, 6.07) is 0.346. The maximum atomic E-state index is 4.59. The van der Waals surface area contributed by atoms with Crippen molar-refractivity contribution in [1.82, 2.24) is 19.9 Å². The lowest BCUT2D eigenvalue weighted by molar-refractivity contribution is 0.516. The van der Waals surface area contributed by atoms with Crippen molar-refractivity contribution in [2.75, 3.05) is 6.54 Å². The molecule has 2 aromatic heterocycles. The summed E-state index contributed by atoms with van der Waals surface area (Å²) >= 11 is 1.78. The summed E-state index contributed by atoms with van der Waals surface area (Å²) in [6.45, 7) is 8.49. The first kappa shape index (κ1) is 14.2. The first-order chi connectivity index (χ1) is 9.16. The molecule has 2 aromatic rings. The molecule has 104 valence electrons. The van der Waals surface area contributed by atoms with Gasteiger partial charge in [0, 0.05) is 29.9 Å². The van der Waals surface area contributed by atoms with Gasteiger partial charge in [-0.2, -0.15) is 0 Å². The summed E-state index contributed by atoms with van der Waals surface area (Å²) in [6.07, 6.45) is 8.05. The van der Waals surface area contributed by atoms with E-state index >= 15 is 0 Å². The summed E-state index contributed by atoms with van der Waals surface area (Å²) in [7, 11) is 0. The highest BCUT2D eigenvalue weighted by atomic mass is 32.1. The molecule has 1 unspecified atom stereocenters. The highest BCUT2D eigenvalue weighted by molar-refractivity contribution is 7.11. The monoisotopic (exact) mass is 278 g/mol. The fraction of sp³-hybridized carbons (Fsp3) is 0.571. The Labute approximate surface area is 118 Å². The molecule has 1 N–H and O–H groups in total. The molecule has 0 bridgehead atoms. The van der Waals surface area contributed by atoms with Crippen molar-refractivity contribution in [3.63, 3.8) is 0 Å². The predicted molar refractivity (Wildman–Crippen MR) is 79.5 cm³/mol. The highest BCUT2D eigenvalue weighted by Gasteiger charge is 2.11. The summed E-state index contributed by atoms with van der Waals surface area (Å²) < 4.78 is 2.12. The van der Waals surface area contributed by atoms with Crippen LogP contribution >= 0.6 is 11.3 Å². The van der Waals surface area contributed by atoms with E-state index in [2.05, 4.69) is 40.6 Å². The van der Waals surface area contributed by atoms with Crippen LogP contribution in [0.2, 0.25) is 0 Å². The Balaban J connectivity index is 1.66. The Morgan fingerprint density at radius 2 is 2.21 bits per heavy atom. The van der Waals surface area contributed by atoms with E-state index in [0.717, 1.165) is 18.1 Å². The predicted octanol–water partition coefficient (Wildman–Crippen LogP) is 3.09. The largest absolute Gasteiger partial charge is 0.337 e. The fourth-order valence-electron chi connectivity index (χ4n) is 2.20. The van der Waals surface area contributed by atoms with Crippen LogP contribution in [-0.2, 0) is 6.54 Å². The second-order valence-corrected chi connectivity index (χ2v) is 6.27. The van der Waals surface area contributed by atoms with Crippen LogP contribution in [0.15, 0.2) is 18.7 Å². The molecule has 19 heavy (non-hydrogen) atoms. The van der Waals surface area contributed by atoms with E-state index in [9.17, 15) is 0 Å². The van der Waals surface area contributed by atoms with Gasteiger partial charge in [-0.3, -0.25) is 0 Å². The molecule has 4 nitrogen and oxygen atoms in total. The van der Waals surface area contributed by atoms with Gasteiger partial charge in [-0.25, -0.2) is 9.97 Å². The Kier molecular flexibility index (Phi) is 5.10. The second kappa shape index (κ2) is 6.82. The minimum atomic E-state index is 0.346. The van der Waals surface area contributed by atoms with Crippen LogP contribution in [0.5, 0.6) is 0 Å². The van der Waals surface area contributed by atoms with Crippen molar-refractivity contribution in [2.45, 2.75) is 46.2 Å². The van der Waals surface area contributed by atoms with Crippen LogP contribution in [0.25, 0.3) is 0 Å². The third-order valence-electron chi connectivity index (χ3n) is 3.20. The van der Waals surface area contributed by atoms with E-state index in [4.69, 9.17) is 0 Å². The summed E-state index contributed by atoms with van der Waals surface area (Å²) in [4.78, 5) is 9.96. The van der Waals surface area contributed by atoms with E-state index in [0.29, 0.717) is 6.04 Å². The van der Waals surface area contributed by atoms with Crippen molar-refractivity contribution in [2.24, 2.45) is 0 Å². The van der Waals surface area contributed by atoms with E-state index in [-0.39, 0.29) is 0 Å². The molecule has 2 heterocycles. The summed E-state index contributed by atoms with van der Waals surface area (Å²) in [5.41, 5.74) is 1.21. The minimum Gasteiger partial charge on any atom is -0.337 e. The molecule has 0 aliphatic heterocycles. The van der Waals surface area contributed by atoms with Crippen molar-refractivity contribution in [3.05, 3.63) is 34.3 Å². The molecule has 0 aliphatic carbocycles. The van der Waals surface area contributed by atoms with E-state index < -0.39 is 0 Å². The van der Waals surface area contributed by atoms with Gasteiger partial charge >= 0.3 is 0 Å². The molecule has 0 fully saturated rings. The average molecular weight is 278 g/mol.